The SMILES string of the molecule is Cn1ccnc1C(=O)c1ccc(N2CCCC(N3CCCCCC3)C2)c([N+](=O)[O-])c1. The number of ketones is 1. The standard InChI is InChI=1S/C22H29N5O3/c1-24-14-10-23-22(24)21(28)17-8-9-19(20(15-17)27(29)30)26-13-6-7-18(16-26)25-11-4-2-3-5-12-25/h8-10,14-15,18H,2-7,11-13,16H2,1H3. The van der Waals surface area contributed by atoms with Gasteiger partial charge in [-0.2, -0.15) is 0 Å². The maximum Gasteiger partial charge on any atom is 0.293 e. The van der Waals surface area contributed by atoms with Crippen LogP contribution in [0.4, 0.5) is 11.4 Å². The van der Waals surface area contributed by atoms with Crippen LogP contribution in [0.3, 0.4) is 0 Å². The van der Waals surface area contributed by atoms with E-state index >= 15 is 0 Å². The summed E-state index contributed by atoms with van der Waals surface area (Å²) in [6.45, 7) is 3.85. The Morgan fingerprint density at radius 1 is 1.13 bits per heavy atom. The lowest BCUT2D eigenvalue weighted by molar-refractivity contribution is -0.384. The summed E-state index contributed by atoms with van der Waals surface area (Å²) in [5, 5.41) is 11.9. The van der Waals surface area contributed by atoms with Crippen LogP contribution in [0.15, 0.2) is 30.6 Å². The highest BCUT2D eigenvalue weighted by atomic mass is 16.6. The van der Waals surface area contributed by atoms with E-state index in [1.165, 1.54) is 31.7 Å². The Kier molecular flexibility index (Phi) is 6.13. The fourth-order valence-electron chi connectivity index (χ4n) is 4.72. The average molecular weight is 412 g/mol. The number of nitro groups is 1. The van der Waals surface area contributed by atoms with Crippen LogP contribution in [0.5, 0.6) is 0 Å². The molecule has 2 fully saturated rings. The van der Waals surface area contributed by atoms with Gasteiger partial charge in [-0.15, -0.1) is 0 Å². The molecule has 8 heteroatoms. The maximum atomic E-state index is 12.8. The molecule has 0 bridgehead atoms. The fraction of sp³-hybridized carbons (Fsp3) is 0.545. The molecule has 0 N–H and O–H groups in total. The molecule has 8 nitrogen and oxygen atoms in total. The summed E-state index contributed by atoms with van der Waals surface area (Å²) in [4.78, 5) is 33.0. The van der Waals surface area contributed by atoms with Gasteiger partial charge < -0.3 is 9.47 Å². The Balaban J connectivity index is 1.58. The van der Waals surface area contributed by atoms with Gasteiger partial charge >= 0.3 is 0 Å². The molecule has 0 radical (unpaired) electrons. The Morgan fingerprint density at radius 3 is 2.57 bits per heavy atom. The molecule has 3 heterocycles. The zero-order chi connectivity index (χ0) is 21.1. The van der Waals surface area contributed by atoms with Crippen LogP contribution >= 0.6 is 0 Å². The second kappa shape index (κ2) is 8.95. The largest absolute Gasteiger partial charge is 0.364 e. The molecule has 2 aromatic rings. The molecule has 0 saturated carbocycles. The maximum absolute atomic E-state index is 12.8. The molecule has 0 amide bonds. The minimum Gasteiger partial charge on any atom is -0.364 e. The van der Waals surface area contributed by atoms with E-state index < -0.39 is 0 Å². The van der Waals surface area contributed by atoms with Gasteiger partial charge in [-0.05, 0) is 50.9 Å². The molecule has 4 rings (SSSR count). The molecule has 2 aliphatic heterocycles. The second-order valence-corrected chi connectivity index (χ2v) is 8.34. The number of carbonyl (C=O) groups excluding carboxylic acids is 1. The molecule has 1 unspecified atom stereocenters. The number of piperidine rings is 1. The lowest BCUT2D eigenvalue weighted by atomic mass is 10.0. The normalized spacial score (nSPS) is 20.7. The van der Waals surface area contributed by atoms with E-state index in [0.29, 0.717) is 17.3 Å². The highest BCUT2D eigenvalue weighted by Crippen LogP contribution is 2.33. The summed E-state index contributed by atoms with van der Waals surface area (Å²) in [5.74, 6) is -0.0329. The first kappa shape index (κ1) is 20.5. The van der Waals surface area contributed by atoms with Gasteiger partial charge in [0.05, 0.1) is 4.92 Å². The molecule has 1 aromatic carbocycles. The zero-order valence-electron chi connectivity index (χ0n) is 17.5. The lowest BCUT2D eigenvalue weighted by Gasteiger charge is -2.40. The van der Waals surface area contributed by atoms with Crippen LogP contribution in [-0.4, -0.2) is 57.4 Å². The average Bonchev–Trinajstić information content (AvgIpc) is 3.01. The summed E-state index contributed by atoms with van der Waals surface area (Å²) in [6.07, 6.45) is 10.5. The van der Waals surface area contributed by atoms with Gasteiger partial charge in [-0.1, -0.05) is 12.8 Å². The molecule has 30 heavy (non-hydrogen) atoms. The summed E-state index contributed by atoms with van der Waals surface area (Å²) in [6, 6.07) is 5.26. The van der Waals surface area contributed by atoms with Crippen LogP contribution in [0.2, 0.25) is 0 Å². The van der Waals surface area contributed by atoms with Crippen LogP contribution in [0.25, 0.3) is 0 Å². The third-order valence-corrected chi connectivity index (χ3v) is 6.35. The van der Waals surface area contributed by atoms with E-state index in [2.05, 4.69) is 14.8 Å². The third kappa shape index (κ3) is 4.23. The van der Waals surface area contributed by atoms with E-state index in [4.69, 9.17) is 0 Å². The molecule has 0 aliphatic carbocycles. The summed E-state index contributed by atoms with van der Waals surface area (Å²) in [7, 11) is 1.74. The van der Waals surface area contributed by atoms with E-state index in [-0.39, 0.29) is 22.2 Å². The first-order valence-corrected chi connectivity index (χ1v) is 10.8. The Labute approximate surface area is 176 Å². The number of hydrogen-bond donors (Lipinski definition) is 0. The van der Waals surface area contributed by atoms with Crippen molar-refractivity contribution in [3.8, 4) is 0 Å². The van der Waals surface area contributed by atoms with Crippen molar-refractivity contribution >= 4 is 17.2 Å². The van der Waals surface area contributed by atoms with Crippen LogP contribution < -0.4 is 4.90 Å². The van der Waals surface area contributed by atoms with Crippen molar-refractivity contribution in [2.45, 2.75) is 44.6 Å². The molecule has 1 aromatic heterocycles. The molecular weight excluding hydrogens is 382 g/mol. The molecule has 1 atom stereocenters. The number of anilines is 1. The number of likely N-dealkylation sites (tertiary alicyclic amines) is 1. The van der Waals surface area contributed by atoms with Crippen molar-refractivity contribution in [1.82, 2.24) is 14.5 Å². The Morgan fingerprint density at radius 2 is 1.90 bits per heavy atom. The first-order valence-electron chi connectivity index (χ1n) is 10.8. The van der Waals surface area contributed by atoms with Crippen molar-refractivity contribution in [2.24, 2.45) is 7.05 Å². The van der Waals surface area contributed by atoms with Gasteiger partial charge in [0.25, 0.3) is 5.69 Å². The number of rotatable bonds is 5. The highest BCUT2D eigenvalue weighted by Gasteiger charge is 2.30. The Hall–Kier alpha value is -2.74. The predicted octanol–water partition coefficient (Wildman–Crippen LogP) is 3.40. The predicted molar refractivity (Wildman–Crippen MR) is 115 cm³/mol. The van der Waals surface area contributed by atoms with Crippen molar-refractivity contribution in [3.05, 3.63) is 52.1 Å². The lowest BCUT2D eigenvalue weighted by Crippen LogP contribution is -2.48. The van der Waals surface area contributed by atoms with Gasteiger partial charge in [0, 0.05) is 50.2 Å². The number of aromatic nitrogens is 2. The van der Waals surface area contributed by atoms with Crippen molar-refractivity contribution in [2.75, 3.05) is 31.1 Å². The molecule has 160 valence electrons. The van der Waals surface area contributed by atoms with Gasteiger partial charge in [-0.3, -0.25) is 19.8 Å². The van der Waals surface area contributed by atoms with Crippen molar-refractivity contribution in [1.29, 1.82) is 0 Å². The van der Waals surface area contributed by atoms with Gasteiger partial charge in [-0.25, -0.2) is 4.98 Å². The smallest absolute Gasteiger partial charge is 0.293 e. The molecule has 2 aliphatic rings. The number of nitrogens with zero attached hydrogens (tertiary/aromatic N) is 5. The van der Waals surface area contributed by atoms with Crippen LogP contribution in [-0.2, 0) is 7.05 Å². The number of benzene rings is 1. The van der Waals surface area contributed by atoms with Crippen LogP contribution in [0, 0.1) is 10.1 Å². The summed E-state index contributed by atoms with van der Waals surface area (Å²) < 4.78 is 1.62. The monoisotopic (exact) mass is 411 g/mol. The number of carbonyl (C=O) groups is 1. The van der Waals surface area contributed by atoms with Gasteiger partial charge in [0.2, 0.25) is 5.78 Å². The third-order valence-electron chi connectivity index (χ3n) is 6.35. The van der Waals surface area contributed by atoms with E-state index in [1.54, 1.807) is 36.1 Å². The summed E-state index contributed by atoms with van der Waals surface area (Å²) >= 11 is 0. The highest BCUT2D eigenvalue weighted by molar-refractivity contribution is 6.07. The number of hydrogen-bond acceptors (Lipinski definition) is 6. The van der Waals surface area contributed by atoms with E-state index in [1.807, 2.05) is 0 Å². The van der Waals surface area contributed by atoms with Crippen LogP contribution in [0.1, 0.15) is 54.7 Å². The van der Waals surface area contributed by atoms with Crippen molar-refractivity contribution < 1.29 is 9.72 Å². The molecule has 0 spiro atoms. The first-order chi connectivity index (χ1) is 14.5. The van der Waals surface area contributed by atoms with E-state index in [9.17, 15) is 14.9 Å². The minimum atomic E-state index is -0.375. The van der Waals surface area contributed by atoms with Gasteiger partial charge in [0.15, 0.2) is 5.82 Å². The minimum absolute atomic E-state index is 0.00780. The second-order valence-electron chi connectivity index (χ2n) is 8.34. The quantitative estimate of drug-likeness (QED) is 0.426. The number of aryl methyl sites for hydroxylation is 1. The Bertz CT molecular complexity index is 917. The fourth-order valence-corrected chi connectivity index (χ4v) is 4.72. The summed E-state index contributed by atoms with van der Waals surface area (Å²) in [5.41, 5.74) is 0.892. The molecular formula is C22H29N5O3. The number of nitro benzene ring substituents is 1. The number of imidazole rings is 1. The topological polar surface area (TPSA) is 84.5 Å². The van der Waals surface area contributed by atoms with Gasteiger partial charge in [0.1, 0.15) is 5.69 Å². The molecule has 2 saturated heterocycles. The zero-order valence-corrected chi connectivity index (χ0v) is 17.5. The van der Waals surface area contributed by atoms with Crippen molar-refractivity contribution in [3.63, 3.8) is 0 Å². The van der Waals surface area contributed by atoms with E-state index in [0.717, 1.165) is 39.0 Å².